The summed E-state index contributed by atoms with van der Waals surface area (Å²) >= 11 is 0. The molecule has 0 radical (unpaired) electrons. The summed E-state index contributed by atoms with van der Waals surface area (Å²) in [7, 11) is 0. The third-order valence-electron chi connectivity index (χ3n) is 2.98. The van der Waals surface area contributed by atoms with Crippen molar-refractivity contribution in [3.8, 4) is 11.5 Å². The zero-order valence-corrected chi connectivity index (χ0v) is 12.6. The SMILES string of the molecule is Cl.O=C(c1cc(OC(F)F)cc(OC(F)F)c1)N1CCNCC1. The van der Waals surface area contributed by atoms with Crippen LogP contribution in [0, 0.1) is 0 Å². The van der Waals surface area contributed by atoms with E-state index in [4.69, 9.17) is 0 Å². The largest absolute Gasteiger partial charge is 0.435 e. The Balaban J connectivity index is 0.00000264. The van der Waals surface area contributed by atoms with Crippen LogP contribution in [0.15, 0.2) is 18.2 Å². The van der Waals surface area contributed by atoms with Crippen LogP contribution >= 0.6 is 12.4 Å². The van der Waals surface area contributed by atoms with E-state index in [9.17, 15) is 22.4 Å². The summed E-state index contributed by atoms with van der Waals surface area (Å²) in [6.45, 7) is -4.21. The number of ether oxygens (including phenoxy) is 2. The zero-order valence-electron chi connectivity index (χ0n) is 11.8. The molecule has 10 heteroatoms. The van der Waals surface area contributed by atoms with Gasteiger partial charge in [0.15, 0.2) is 0 Å². The molecule has 0 atom stereocenters. The summed E-state index contributed by atoms with van der Waals surface area (Å²) in [5.74, 6) is -1.28. The number of carbonyl (C=O) groups excluding carboxylic acids is 1. The highest BCUT2D eigenvalue weighted by Crippen LogP contribution is 2.26. The number of piperazine rings is 1. The number of benzene rings is 1. The van der Waals surface area contributed by atoms with Crippen LogP contribution in [0.3, 0.4) is 0 Å². The third kappa shape index (κ3) is 5.76. The maximum Gasteiger partial charge on any atom is 0.387 e. The van der Waals surface area contributed by atoms with Gasteiger partial charge in [0.25, 0.3) is 5.91 Å². The smallest absolute Gasteiger partial charge is 0.387 e. The molecular formula is C13H15ClF4N2O3. The fraction of sp³-hybridized carbons (Fsp3) is 0.462. The van der Waals surface area contributed by atoms with Crippen molar-refractivity contribution in [3.63, 3.8) is 0 Å². The van der Waals surface area contributed by atoms with E-state index in [1.807, 2.05) is 0 Å². The Morgan fingerprint density at radius 2 is 1.48 bits per heavy atom. The van der Waals surface area contributed by atoms with E-state index < -0.39 is 30.6 Å². The van der Waals surface area contributed by atoms with Gasteiger partial charge in [-0.3, -0.25) is 4.79 Å². The lowest BCUT2D eigenvalue weighted by molar-refractivity contribution is -0.0543. The highest BCUT2D eigenvalue weighted by atomic mass is 35.5. The first kappa shape index (κ1) is 19.3. The van der Waals surface area contributed by atoms with Gasteiger partial charge in [-0.05, 0) is 12.1 Å². The van der Waals surface area contributed by atoms with Crippen molar-refractivity contribution in [1.29, 1.82) is 0 Å². The van der Waals surface area contributed by atoms with Crippen LogP contribution in [-0.2, 0) is 0 Å². The second kappa shape index (κ2) is 8.78. The van der Waals surface area contributed by atoms with Crippen molar-refractivity contribution in [2.24, 2.45) is 0 Å². The first-order chi connectivity index (χ1) is 10.5. The Morgan fingerprint density at radius 3 is 1.91 bits per heavy atom. The molecule has 1 aromatic rings. The summed E-state index contributed by atoms with van der Waals surface area (Å²) in [5.41, 5.74) is -0.0456. The van der Waals surface area contributed by atoms with Crippen molar-refractivity contribution in [2.75, 3.05) is 26.2 Å². The van der Waals surface area contributed by atoms with Gasteiger partial charge in [-0.25, -0.2) is 0 Å². The standard InChI is InChI=1S/C13H14F4N2O3.ClH/c14-12(15)21-9-5-8(6-10(7-9)22-13(16)17)11(20)19-3-1-18-2-4-19;/h5-7,12-13,18H,1-4H2;1H. The van der Waals surface area contributed by atoms with Crippen LogP contribution < -0.4 is 14.8 Å². The molecule has 130 valence electrons. The van der Waals surface area contributed by atoms with E-state index in [1.165, 1.54) is 4.90 Å². The molecule has 0 bridgehead atoms. The molecule has 0 saturated carbocycles. The van der Waals surface area contributed by atoms with Crippen LogP contribution in [0.4, 0.5) is 17.6 Å². The molecule has 2 rings (SSSR count). The lowest BCUT2D eigenvalue weighted by atomic mass is 10.1. The molecule has 0 spiro atoms. The maximum absolute atomic E-state index is 12.3. The molecule has 1 N–H and O–H groups in total. The number of carbonyl (C=O) groups is 1. The number of alkyl halides is 4. The minimum Gasteiger partial charge on any atom is -0.435 e. The van der Waals surface area contributed by atoms with Gasteiger partial charge in [0.2, 0.25) is 0 Å². The molecule has 1 fully saturated rings. The van der Waals surface area contributed by atoms with Gasteiger partial charge >= 0.3 is 13.2 Å². The van der Waals surface area contributed by atoms with Crippen LogP contribution in [0.5, 0.6) is 11.5 Å². The Labute approximate surface area is 135 Å². The Bertz CT molecular complexity index is 500. The average Bonchev–Trinajstić information content (AvgIpc) is 2.45. The van der Waals surface area contributed by atoms with Crippen molar-refractivity contribution in [3.05, 3.63) is 23.8 Å². The van der Waals surface area contributed by atoms with E-state index in [1.54, 1.807) is 0 Å². The average molecular weight is 359 g/mol. The third-order valence-corrected chi connectivity index (χ3v) is 2.98. The molecule has 23 heavy (non-hydrogen) atoms. The summed E-state index contributed by atoms with van der Waals surface area (Å²) in [4.78, 5) is 13.8. The fourth-order valence-corrected chi connectivity index (χ4v) is 2.09. The molecule has 1 amide bonds. The van der Waals surface area contributed by atoms with Gasteiger partial charge in [-0.2, -0.15) is 17.6 Å². The molecule has 0 aromatic heterocycles. The van der Waals surface area contributed by atoms with Crippen molar-refractivity contribution in [1.82, 2.24) is 10.2 Å². The highest BCUT2D eigenvalue weighted by Gasteiger charge is 2.21. The number of amides is 1. The Kier molecular flexibility index (Phi) is 7.37. The van der Waals surface area contributed by atoms with Crippen molar-refractivity contribution >= 4 is 18.3 Å². The van der Waals surface area contributed by atoms with Gasteiger partial charge in [-0.1, -0.05) is 0 Å². The Hall–Kier alpha value is -1.74. The number of rotatable bonds is 5. The normalized spacial score (nSPS) is 14.6. The molecule has 1 aliphatic rings. The number of hydrogen-bond donors (Lipinski definition) is 1. The van der Waals surface area contributed by atoms with E-state index in [-0.39, 0.29) is 18.0 Å². The lowest BCUT2D eigenvalue weighted by Crippen LogP contribution is -2.46. The molecule has 5 nitrogen and oxygen atoms in total. The van der Waals surface area contributed by atoms with E-state index >= 15 is 0 Å². The number of halogens is 5. The van der Waals surface area contributed by atoms with Crippen LogP contribution in [0.2, 0.25) is 0 Å². The number of nitrogens with one attached hydrogen (secondary N) is 1. The predicted molar refractivity (Wildman–Crippen MR) is 75.7 cm³/mol. The van der Waals surface area contributed by atoms with E-state index in [0.717, 1.165) is 18.2 Å². The Morgan fingerprint density at radius 1 is 1.00 bits per heavy atom. The highest BCUT2D eigenvalue weighted by molar-refractivity contribution is 5.95. The van der Waals surface area contributed by atoms with Crippen LogP contribution in [-0.4, -0.2) is 50.2 Å². The summed E-state index contributed by atoms with van der Waals surface area (Å²) in [6.07, 6.45) is 0. The molecule has 0 aliphatic carbocycles. The lowest BCUT2D eigenvalue weighted by Gasteiger charge is -2.27. The van der Waals surface area contributed by atoms with Gasteiger partial charge in [0.1, 0.15) is 11.5 Å². The summed E-state index contributed by atoms with van der Waals surface area (Å²) in [5, 5.41) is 3.05. The van der Waals surface area contributed by atoms with Crippen LogP contribution in [0.25, 0.3) is 0 Å². The first-order valence-electron chi connectivity index (χ1n) is 6.50. The maximum atomic E-state index is 12.3. The monoisotopic (exact) mass is 358 g/mol. The second-order valence-electron chi connectivity index (χ2n) is 4.49. The topological polar surface area (TPSA) is 50.8 Å². The van der Waals surface area contributed by atoms with Gasteiger partial charge in [0.05, 0.1) is 0 Å². The van der Waals surface area contributed by atoms with Gasteiger partial charge in [0, 0.05) is 37.8 Å². The van der Waals surface area contributed by atoms with E-state index in [2.05, 4.69) is 14.8 Å². The molecule has 0 unspecified atom stereocenters. The second-order valence-corrected chi connectivity index (χ2v) is 4.49. The fourth-order valence-electron chi connectivity index (χ4n) is 2.09. The van der Waals surface area contributed by atoms with Gasteiger partial charge < -0.3 is 19.7 Å². The first-order valence-corrected chi connectivity index (χ1v) is 6.50. The summed E-state index contributed by atoms with van der Waals surface area (Å²) in [6, 6.07) is 3.04. The molecule has 1 aliphatic heterocycles. The zero-order chi connectivity index (χ0) is 16.1. The number of hydrogen-bond acceptors (Lipinski definition) is 4. The quantitative estimate of drug-likeness (QED) is 0.821. The predicted octanol–water partition coefficient (Wildman–Crippen LogP) is 2.36. The summed E-state index contributed by atoms with van der Waals surface area (Å²) < 4.78 is 57.5. The van der Waals surface area contributed by atoms with E-state index in [0.29, 0.717) is 26.2 Å². The molecule has 1 aromatic carbocycles. The van der Waals surface area contributed by atoms with Crippen molar-refractivity contribution < 1.29 is 31.8 Å². The minimum atomic E-state index is -3.14. The van der Waals surface area contributed by atoms with Gasteiger partial charge in [-0.15, -0.1) is 12.4 Å². The molecule has 1 saturated heterocycles. The minimum absolute atomic E-state index is 0. The molecule has 1 heterocycles. The van der Waals surface area contributed by atoms with Crippen LogP contribution in [0.1, 0.15) is 10.4 Å². The molecular weight excluding hydrogens is 344 g/mol. The van der Waals surface area contributed by atoms with Crippen molar-refractivity contribution in [2.45, 2.75) is 13.2 Å². The number of nitrogens with zero attached hydrogens (tertiary/aromatic N) is 1.